The van der Waals surface area contributed by atoms with E-state index in [1.54, 1.807) is 0 Å². The van der Waals surface area contributed by atoms with E-state index in [1.807, 2.05) is 0 Å². The monoisotopic (exact) mass is 300 g/mol. The first-order chi connectivity index (χ1) is 7.41. The molecule has 15 heavy (non-hydrogen) atoms. The molecule has 4 nitrogen and oxygen atoms in total. The molecule has 0 radical (unpaired) electrons. The van der Waals surface area contributed by atoms with E-state index in [4.69, 9.17) is 20.3 Å². The summed E-state index contributed by atoms with van der Waals surface area (Å²) in [4.78, 5) is 0. The number of hydrogen-bond donors (Lipinski definition) is 3. The number of nitrogens with one attached hydrogen (secondary N) is 3. The molecule has 1 aliphatic heterocycles. The minimum absolute atomic E-state index is 0.382. The van der Waals surface area contributed by atoms with Crippen LogP contribution in [0.25, 0.3) is 5.32 Å². The number of rotatable bonds is 0. The number of hydrogen-bond acceptors (Lipinski definition) is 3. The van der Waals surface area contributed by atoms with Crippen molar-refractivity contribution in [1.82, 2.24) is 16.0 Å². The maximum atomic E-state index is 4.73. The minimum atomic E-state index is 0.382. The van der Waals surface area contributed by atoms with Gasteiger partial charge in [0.15, 0.2) is 0 Å². The SMILES string of the molecule is C1CNCCNCCNCC[N-]1.[Cl][Co+][Cl]. The summed E-state index contributed by atoms with van der Waals surface area (Å²) in [6.07, 6.45) is 0. The van der Waals surface area contributed by atoms with Crippen LogP contribution in [0, 0.1) is 0 Å². The first-order valence-electron chi connectivity index (χ1n) is 5.01. The molecule has 1 saturated heterocycles. The quantitative estimate of drug-likeness (QED) is 0.611. The van der Waals surface area contributed by atoms with E-state index < -0.39 is 0 Å². The summed E-state index contributed by atoms with van der Waals surface area (Å²) in [5.41, 5.74) is 0. The van der Waals surface area contributed by atoms with Crippen molar-refractivity contribution < 1.29 is 12.9 Å². The van der Waals surface area contributed by atoms with Gasteiger partial charge >= 0.3 is 33.2 Å². The van der Waals surface area contributed by atoms with Crippen molar-refractivity contribution >= 4 is 20.3 Å². The van der Waals surface area contributed by atoms with Gasteiger partial charge in [0.1, 0.15) is 0 Å². The molecule has 94 valence electrons. The van der Waals surface area contributed by atoms with Crippen molar-refractivity contribution in [3.8, 4) is 0 Å². The normalized spacial score (nSPS) is 20.7. The molecule has 0 aliphatic carbocycles. The van der Waals surface area contributed by atoms with Gasteiger partial charge in [-0.15, -0.1) is 13.1 Å². The fourth-order valence-electron chi connectivity index (χ4n) is 1.16. The molecule has 0 aromatic heterocycles. The summed E-state index contributed by atoms with van der Waals surface area (Å²) >= 11 is 0.382. The molecule has 1 fully saturated rings. The van der Waals surface area contributed by atoms with Gasteiger partial charge in [0, 0.05) is 26.2 Å². The Bertz CT molecular complexity index is 77.8. The fourth-order valence-corrected chi connectivity index (χ4v) is 1.16. The Hall–Kier alpha value is 0.926. The van der Waals surface area contributed by atoms with E-state index in [2.05, 4.69) is 21.3 Å². The molecule has 0 bridgehead atoms. The molecule has 1 aliphatic rings. The van der Waals surface area contributed by atoms with E-state index in [-0.39, 0.29) is 0 Å². The molecule has 0 unspecified atom stereocenters. The first-order valence-corrected chi connectivity index (χ1v) is 7.87. The second-order valence-electron chi connectivity index (χ2n) is 2.97. The Morgan fingerprint density at radius 2 is 1.07 bits per heavy atom. The second-order valence-corrected chi connectivity index (χ2v) is 4.69. The number of nitrogens with zero attached hydrogens (tertiary/aromatic N) is 1. The van der Waals surface area contributed by atoms with E-state index in [1.165, 1.54) is 0 Å². The van der Waals surface area contributed by atoms with Crippen molar-refractivity contribution in [3.05, 3.63) is 5.32 Å². The molecular weight excluding hydrogens is 282 g/mol. The predicted octanol–water partition coefficient (Wildman–Crippen LogP) is 0.519. The summed E-state index contributed by atoms with van der Waals surface area (Å²) in [6.45, 7) is 8.14. The van der Waals surface area contributed by atoms with Gasteiger partial charge in [0.2, 0.25) is 0 Å². The zero-order valence-corrected chi connectivity index (χ0v) is 11.2. The third-order valence-electron chi connectivity index (χ3n) is 1.85. The van der Waals surface area contributed by atoms with Crippen LogP contribution in [0.5, 0.6) is 0 Å². The molecule has 3 N–H and O–H groups in total. The van der Waals surface area contributed by atoms with E-state index >= 15 is 0 Å². The average molecular weight is 301 g/mol. The van der Waals surface area contributed by atoms with E-state index in [0.717, 1.165) is 52.4 Å². The van der Waals surface area contributed by atoms with Gasteiger partial charge in [0.25, 0.3) is 0 Å². The van der Waals surface area contributed by atoms with E-state index in [0.29, 0.717) is 12.9 Å². The van der Waals surface area contributed by atoms with Gasteiger partial charge in [-0.3, -0.25) is 0 Å². The standard InChI is InChI=1S/C8H19N4.2ClH.Co/c1-2-10-5-6-12-8-7-11-4-3-9-1;;;/h9-11H,1-8H2;2*1H;/q-1;;;+3/p-2. The molecule has 0 spiro atoms. The maximum absolute atomic E-state index is 4.73. The summed E-state index contributed by atoms with van der Waals surface area (Å²) in [5.74, 6) is 0. The Balaban J connectivity index is 0.000000583. The van der Waals surface area contributed by atoms with Crippen LogP contribution in [0.3, 0.4) is 0 Å². The van der Waals surface area contributed by atoms with Gasteiger partial charge in [0.05, 0.1) is 0 Å². The van der Waals surface area contributed by atoms with Crippen molar-refractivity contribution in [2.75, 3.05) is 52.4 Å². The summed E-state index contributed by atoms with van der Waals surface area (Å²) in [6, 6.07) is 0. The summed E-state index contributed by atoms with van der Waals surface area (Å²) in [7, 11) is 9.47. The van der Waals surface area contributed by atoms with Crippen LogP contribution in [0.2, 0.25) is 0 Å². The van der Waals surface area contributed by atoms with Crippen molar-refractivity contribution in [2.24, 2.45) is 0 Å². The zero-order chi connectivity index (χ0) is 11.2. The third kappa shape index (κ3) is 14.9. The van der Waals surface area contributed by atoms with Crippen molar-refractivity contribution in [3.63, 3.8) is 0 Å². The first kappa shape index (κ1) is 15.9. The summed E-state index contributed by atoms with van der Waals surface area (Å²) in [5, 5.41) is 14.4. The topological polar surface area (TPSA) is 50.2 Å². The fraction of sp³-hybridized carbons (Fsp3) is 1.00. The van der Waals surface area contributed by atoms with Crippen LogP contribution < -0.4 is 16.0 Å². The molecule has 0 amide bonds. The molecule has 1 heterocycles. The average Bonchev–Trinajstić information content (AvgIpc) is 2.19. The van der Waals surface area contributed by atoms with Crippen molar-refractivity contribution in [2.45, 2.75) is 0 Å². The van der Waals surface area contributed by atoms with Crippen LogP contribution >= 0.6 is 20.3 Å². The molecule has 7 heteroatoms. The van der Waals surface area contributed by atoms with Crippen LogP contribution in [-0.2, 0) is 12.9 Å². The van der Waals surface area contributed by atoms with Crippen LogP contribution in [0.15, 0.2) is 0 Å². The van der Waals surface area contributed by atoms with Crippen LogP contribution in [0.4, 0.5) is 0 Å². The third-order valence-corrected chi connectivity index (χ3v) is 1.85. The molecule has 0 atom stereocenters. The van der Waals surface area contributed by atoms with E-state index in [9.17, 15) is 0 Å². The van der Waals surface area contributed by atoms with Gasteiger partial charge in [-0.05, 0) is 13.1 Å². The summed E-state index contributed by atoms with van der Waals surface area (Å²) < 4.78 is 0. The van der Waals surface area contributed by atoms with Crippen LogP contribution in [0.1, 0.15) is 0 Å². The van der Waals surface area contributed by atoms with Gasteiger partial charge in [-0.25, -0.2) is 0 Å². The molecule has 0 aromatic rings. The molecular formula is C8H19Cl2CoN4. The zero-order valence-electron chi connectivity index (χ0n) is 8.69. The van der Waals surface area contributed by atoms with Crippen molar-refractivity contribution in [1.29, 1.82) is 0 Å². The Morgan fingerprint density at radius 1 is 0.733 bits per heavy atom. The van der Waals surface area contributed by atoms with Crippen LogP contribution in [-0.4, -0.2) is 52.4 Å². The molecule has 1 rings (SSSR count). The van der Waals surface area contributed by atoms with Gasteiger partial charge < -0.3 is 21.3 Å². The Morgan fingerprint density at radius 3 is 1.47 bits per heavy atom. The molecule has 0 saturated carbocycles. The Kier molecular flexibility index (Phi) is 15.8. The second kappa shape index (κ2) is 14.9. The molecule has 0 aromatic carbocycles. The Labute approximate surface area is 107 Å². The number of halogens is 2. The predicted molar refractivity (Wildman–Crippen MR) is 63.4 cm³/mol. The van der Waals surface area contributed by atoms with Gasteiger partial charge in [-0.2, -0.15) is 0 Å². The van der Waals surface area contributed by atoms with Gasteiger partial charge in [-0.1, -0.05) is 0 Å².